The molecule has 0 saturated heterocycles. The van der Waals surface area contributed by atoms with Gasteiger partial charge in [0, 0.05) is 22.8 Å². The maximum absolute atomic E-state index is 12.7. The average Bonchev–Trinajstić information content (AvgIpc) is 2.70. The molecule has 0 aliphatic rings. The molecule has 0 fully saturated rings. The van der Waals surface area contributed by atoms with Gasteiger partial charge in [-0.25, -0.2) is 0 Å². The first-order valence-corrected chi connectivity index (χ1v) is 9.05. The predicted molar refractivity (Wildman–Crippen MR) is 111 cm³/mol. The zero-order valence-electron chi connectivity index (χ0n) is 15.0. The Bertz CT molecular complexity index is 1030. The molecule has 3 aromatic carbocycles. The summed E-state index contributed by atoms with van der Waals surface area (Å²) in [6, 6.07) is 19.8. The van der Waals surface area contributed by atoms with Crippen molar-refractivity contribution in [2.45, 2.75) is 13.0 Å². The largest absolute Gasteiger partial charge is 0.481 e. The van der Waals surface area contributed by atoms with E-state index in [9.17, 15) is 9.59 Å². The number of carboxylic acid groups (broad SMARTS) is 1. The van der Waals surface area contributed by atoms with E-state index in [1.165, 1.54) is 0 Å². The summed E-state index contributed by atoms with van der Waals surface area (Å²) >= 11 is 6.01. The SMILES string of the molecule is NCc1cccc(-c2cccc(C(=O)Nc3cc(Cl)ccc3CC(=O)O)c2)c1. The highest BCUT2D eigenvalue weighted by molar-refractivity contribution is 6.31. The number of nitrogens with two attached hydrogens (primary N) is 1. The second-order valence-electron chi connectivity index (χ2n) is 6.31. The summed E-state index contributed by atoms with van der Waals surface area (Å²) in [5, 5.41) is 12.2. The second-order valence-corrected chi connectivity index (χ2v) is 6.75. The van der Waals surface area contributed by atoms with Crippen molar-refractivity contribution in [2.24, 2.45) is 5.73 Å². The molecule has 28 heavy (non-hydrogen) atoms. The number of hydrogen-bond donors (Lipinski definition) is 3. The summed E-state index contributed by atoms with van der Waals surface area (Å²) in [5.74, 6) is -1.33. The van der Waals surface area contributed by atoms with Crippen LogP contribution in [-0.4, -0.2) is 17.0 Å². The van der Waals surface area contributed by atoms with Gasteiger partial charge in [-0.15, -0.1) is 0 Å². The lowest BCUT2D eigenvalue weighted by Crippen LogP contribution is -2.14. The van der Waals surface area contributed by atoms with Gasteiger partial charge < -0.3 is 16.2 Å². The van der Waals surface area contributed by atoms with Crippen LogP contribution < -0.4 is 11.1 Å². The smallest absolute Gasteiger partial charge is 0.307 e. The highest BCUT2D eigenvalue weighted by atomic mass is 35.5. The molecule has 0 heterocycles. The molecule has 3 rings (SSSR count). The van der Waals surface area contributed by atoms with Crippen LogP contribution in [0.3, 0.4) is 0 Å². The molecule has 4 N–H and O–H groups in total. The quantitative estimate of drug-likeness (QED) is 0.579. The number of carbonyl (C=O) groups excluding carboxylic acids is 1. The lowest BCUT2D eigenvalue weighted by atomic mass is 10.0. The topological polar surface area (TPSA) is 92.4 Å². The first-order chi connectivity index (χ1) is 13.5. The van der Waals surface area contributed by atoms with E-state index in [0.717, 1.165) is 16.7 Å². The number of carboxylic acids is 1. The van der Waals surface area contributed by atoms with Crippen LogP contribution in [0.1, 0.15) is 21.5 Å². The molecule has 0 bridgehead atoms. The summed E-state index contributed by atoms with van der Waals surface area (Å²) in [5.41, 5.74) is 9.89. The maximum atomic E-state index is 12.7. The van der Waals surface area contributed by atoms with Gasteiger partial charge in [0.1, 0.15) is 0 Å². The first kappa shape index (κ1) is 19.6. The molecular formula is C22H19ClN2O3. The van der Waals surface area contributed by atoms with E-state index < -0.39 is 5.97 Å². The number of carbonyl (C=O) groups is 2. The molecule has 142 valence electrons. The van der Waals surface area contributed by atoms with Crippen LogP contribution in [-0.2, 0) is 17.8 Å². The normalized spacial score (nSPS) is 10.5. The van der Waals surface area contributed by atoms with E-state index in [1.807, 2.05) is 30.3 Å². The van der Waals surface area contributed by atoms with Gasteiger partial charge in [-0.1, -0.05) is 48.0 Å². The zero-order valence-corrected chi connectivity index (χ0v) is 15.7. The highest BCUT2D eigenvalue weighted by Gasteiger charge is 2.13. The summed E-state index contributed by atoms with van der Waals surface area (Å²) in [6.45, 7) is 0.440. The Labute approximate surface area is 167 Å². The Balaban J connectivity index is 1.88. The molecule has 6 heteroatoms. The minimum absolute atomic E-state index is 0.210. The van der Waals surface area contributed by atoms with Crippen LogP contribution in [0.2, 0.25) is 5.02 Å². The fourth-order valence-corrected chi connectivity index (χ4v) is 3.07. The van der Waals surface area contributed by atoms with Crippen molar-refractivity contribution < 1.29 is 14.7 Å². The number of rotatable bonds is 6. The van der Waals surface area contributed by atoms with E-state index in [-0.39, 0.29) is 12.3 Å². The molecule has 0 aromatic heterocycles. The van der Waals surface area contributed by atoms with Crippen LogP contribution in [0.5, 0.6) is 0 Å². The minimum Gasteiger partial charge on any atom is -0.481 e. The third-order valence-electron chi connectivity index (χ3n) is 4.28. The highest BCUT2D eigenvalue weighted by Crippen LogP contribution is 2.25. The van der Waals surface area contributed by atoms with Crippen molar-refractivity contribution >= 4 is 29.2 Å². The molecule has 0 atom stereocenters. The van der Waals surface area contributed by atoms with Gasteiger partial charge in [0.15, 0.2) is 0 Å². The Morgan fingerprint density at radius 1 is 0.964 bits per heavy atom. The molecule has 3 aromatic rings. The van der Waals surface area contributed by atoms with E-state index in [0.29, 0.717) is 28.4 Å². The summed E-state index contributed by atoms with van der Waals surface area (Å²) in [6.07, 6.45) is -0.210. The lowest BCUT2D eigenvalue weighted by molar-refractivity contribution is -0.136. The molecule has 0 radical (unpaired) electrons. The van der Waals surface area contributed by atoms with Crippen molar-refractivity contribution in [3.63, 3.8) is 0 Å². The molecular weight excluding hydrogens is 376 g/mol. The zero-order chi connectivity index (χ0) is 20.1. The molecule has 1 amide bonds. The van der Waals surface area contributed by atoms with Crippen molar-refractivity contribution in [1.29, 1.82) is 0 Å². The Morgan fingerprint density at radius 3 is 2.39 bits per heavy atom. The second kappa shape index (κ2) is 8.69. The van der Waals surface area contributed by atoms with Crippen LogP contribution in [0, 0.1) is 0 Å². The molecule has 0 saturated carbocycles. The van der Waals surface area contributed by atoms with E-state index in [4.69, 9.17) is 22.4 Å². The summed E-state index contributed by atoms with van der Waals surface area (Å²) < 4.78 is 0. The fraction of sp³-hybridized carbons (Fsp3) is 0.0909. The molecule has 0 aliphatic heterocycles. The number of amides is 1. The number of anilines is 1. The Kier molecular flexibility index (Phi) is 6.09. The molecule has 5 nitrogen and oxygen atoms in total. The number of benzene rings is 3. The first-order valence-electron chi connectivity index (χ1n) is 8.67. The van der Waals surface area contributed by atoms with Crippen LogP contribution >= 0.6 is 11.6 Å². The monoisotopic (exact) mass is 394 g/mol. The van der Waals surface area contributed by atoms with E-state index >= 15 is 0 Å². The molecule has 0 unspecified atom stereocenters. The lowest BCUT2D eigenvalue weighted by Gasteiger charge is -2.11. The van der Waals surface area contributed by atoms with Gasteiger partial charge in [-0.2, -0.15) is 0 Å². The molecule has 0 aliphatic carbocycles. The average molecular weight is 395 g/mol. The van der Waals surface area contributed by atoms with Gasteiger partial charge in [0.05, 0.1) is 6.42 Å². The Hall–Kier alpha value is -3.15. The van der Waals surface area contributed by atoms with Gasteiger partial charge in [-0.05, 0) is 52.6 Å². The third kappa shape index (κ3) is 4.76. The molecule has 0 spiro atoms. The number of hydrogen-bond acceptors (Lipinski definition) is 3. The van der Waals surface area contributed by atoms with Crippen molar-refractivity contribution in [1.82, 2.24) is 0 Å². The maximum Gasteiger partial charge on any atom is 0.307 e. The third-order valence-corrected chi connectivity index (χ3v) is 4.52. The summed E-state index contributed by atoms with van der Waals surface area (Å²) in [4.78, 5) is 23.8. The van der Waals surface area contributed by atoms with E-state index in [2.05, 4.69) is 5.32 Å². The standard InChI is InChI=1S/C22H19ClN2O3/c23-19-8-7-17(11-21(26)27)20(12-19)25-22(28)18-6-2-5-16(10-18)15-4-1-3-14(9-15)13-24/h1-10,12H,11,13,24H2,(H,25,28)(H,26,27). The summed E-state index contributed by atoms with van der Waals surface area (Å²) in [7, 11) is 0. The Morgan fingerprint density at radius 2 is 1.68 bits per heavy atom. The van der Waals surface area contributed by atoms with Crippen molar-refractivity contribution in [3.05, 3.63) is 88.4 Å². The van der Waals surface area contributed by atoms with Crippen LogP contribution in [0.15, 0.2) is 66.7 Å². The fourth-order valence-electron chi connectivity index (χ4n) is 2.89. The van der Waals surface area contributed by atoms with Gasteiger partial charge >= 0.3 is 5.97 Å². The van der Waals surface area contributed by atoms with Crippen molar-refractivity contribution in [3.8, 4) is 11.1 Å². The predicted octanol–water partition coefficient (Wildman–Crippen LogP) is 4.35. The van der Waals surface area contributed by atoms with Crippen LogP contribution in [0.25, 0.3) is 11.1 Å². The van der Waals surface area contributed by atoms with Crippen molar-refractivity contribution in [2.75, 3.05) is 5.32 Å². The van der Waals surface area contributed by atoms with Gasteiger partial charge in [-0.3, -0.25) is 9.59 Å². The number of nitrogens with one attached hydrogen (secondary N) is 1. The van der Waals surface area contributed by atoms with E-state index in [1.54, 1.807) is 36.4 Å². The number of aliphatic carboxylic acids is 1. The van der Waals surface area contributed by atoms with Gasteiger partial charge in [0.2, 0.25) is 0 Å². The van der Waals surface area contributed by atoms with Gasteiger partial charge in [0.25, 0.3) is 5.91 Å². The number of halogens is 1. The minimum atomic E-state index is -0.986. The van der Waals surface area contributed by atoms with Crippen LogP contribution in [0.4, 0.5) is 5.69 Å².